The average Bonchev–Trinajstić information content (AvgIpc) is 2.63. The Bertz CT molecular complexity index is 355. The minimum Gasteiger partial charge on any atom is -0.377 e. The van der Waals surface area contributed by atoms with E-state index in [9.17, 15) is 4.79 Å². The Morgan fingerprint density at radius 2 is 1.36 bits per heavy atom. The highest BCUT2D eigenvalue weighted by molar-refractivity contribution is 6.60. The van der Waals surface area contributed by atoms with E-state index in [2.05, 4.69) is 24.5 Å². The molecule has 0 bridgehead atoms. The molecule has 0 fully saturated rings. The maximum absolute atomic E-state index is 11.8. The van der Waals surface area contributed by atoms with E-state index in [-0.39, 0.29) is 11.6 Å². The zero-order chi connectivity index (χ0) is 21.9. The number of ether oxygens (including phenoxy) is 2. The topological polar surface area (TPSA) is 87.3 Å². The van der Waals surface area contributed by atoms with Crippen molar-refractivity contribution in [2.24, 2.45) is 0 Å². The maximum Gasteiger partial charge on any atom is 0.502 e. The van der Waals surface area contributed by atoms with Gasteiger partial charge in [-0.25, -0.2) is 4.79 Å². The fraction of sp³-hybridized carbons (Fsp3) is 0.947. The van der Waals surface area contributed by atoms with E-state index in [1.165, 1.54) is 6.42 Å². The summed E-state index contributed by atoms with van der Waals surface area (Å²) in [6.45, 7) is 17.2. The summed E-state index contributed by atoms with van der Waals surface area (Å²) in [5.74, 6) is 0. The van der Waals surface area contributed by atoms with E-state index >= 15 is 0 Å². The third-order valence-corrected chi connectivity index (χ3v) is 6.39. The lowest BCUT2D eigenvalue weighted by atomic mass is 10.1. The molecule has 0 aromatic rings. The van der Waals surface area contributed by atoms with Gasteiger partial charge in [0.2, 0.25) is 0 Å². The van der Waals surface area contributed by atoms with Crippen LogP contribution in [-0.2, 0) is 22.8 Å². The number of hydrogen-bond donors (Lipinski definition) is 2. The summed E-state index contributed by atoms with van der Waals surface area (Å²) >= 11 is 0. The molecule has 0 radical (unpaired) electrons. The second-order valence-corrected chi connectivity index (χ2v) is 9.37. The Labute approximate surface area is 173 Å². The molecular weight excluding hydrogens is 380 g/mol. The van der Waals surface area contributed by atoms with Gasteiger partial charge in [-0.2, -0.15) is 0 Å². The van der Waals surface area contributed by atoms with Crippen LogP contribution < -0.4 is 10.6 Å². The molecule has 9 heteroatoms. The van der Waals surface area contributed by atoms with Crippen LogP contribution in [0.2, 0.25) is 6.04 Å². The Hall–Kier alpha value is -0.713. The highest BCUT2D eigenvalue weighted by atomic mass is 28.4. The summed E-state index contributed by atoms with van der Waals surface area (Å²) in [5.41, 5.74) is -0.325. The number of carbonyl (C=O) groups excluding carboxylic acids is 1. The highest BCUT2D eigenvalue weighted by Crippen LogP contribution is 2.15. The highest BCUT2D eigenvalue weighted by Gasteiger charge is 2.39. The smallest absolute Gasteiger partial charge is 0.377 e. The van der Waals surface area contributed by atoms with Gasteiger partial charge >= 0.3 is 14.8 Å². The first kappa shape index (κ1) is 29.5. The molecule has 0 unspecified atom stereocenters. The lowest BCUT2D eigenvalue weighted by molar-refractivity contribution is -0.0495. The van der Waals surface area contributed by atoms with Crippen molar-refractivity contribution in [1.29, 1.82) is 0 Å². The second kappa shape index (κ2) is 18.3. The number of urea groups is 1. The normalized spacial score (nSPS) is 11.6. The number of rotatable bonds is 15. The Morgan fingerprint density at radius 1 is 0.893 bits per heavy atom. The van der Waals surface area contributed by atoms with Crippen molar-refractivity contribution in [1.82, 2.24) is 10.6 Å². The number of amides is 2. The van der Waals surface area contributed by atoms with Crippen molar-refractivity contribution in [3.8, 4) is 0 Å². The van der Waals surface area contributed by atoms with Crippen LogP contribution in [0.15, 0.2) is 0 Å². The van der Waals surface area contributed by atoms with E-state index in [0.29, 0.717) is 52.2 Å². The minimum absolute atomic E-state index is 0.248. The van der Waals surface area contributed by atoms with Crippen molar-refractivity contribution in [3.63, 3.8) is 0 Å². The van der Waals surface area contributed by atoms with Gasteiger partial charge in [0.05, 0.1) is 18.8 Å². The first-order valence-corrected chi connectivity index (χ1v) is 12.3. The summed E-state index contributed by atoms with van der Waals surface area (Å²) in [6, 6.07) is 0.288. The molecule has 0 aliphatic carbocycles. The average molecular weight is 425 g/mol. The molecule has 0 rings (SSSR count). The van der Waals surface area contributed by atoms with Crippen LogP contribution in [0.3, 0.4) is 0 Å². The molecule has 0 aromatic carbocycles. The molecule has 2 N–H and O–H groups in total. The fourth-order valence-corrected chi connectivity index (χ4v) is 4.44. The molecule has 0 aliphatic heterocycles. The number of hydrogen-bond acceptors (Lipinski definition) is 6. The van der Waals surface area contributed by atoms with Gasteiger partial charge in [-0.05, 0) is 34.6 Å². The number of nitrogens with one attached hydrogen (secondary N) is 2. The minimum atomic E-state index is -2.71. The molecule has 28 heavy (non-hydrogen) atoms. The largest absolute Gasteiger partial charge is 0.502 e. The molecule has 0 aromatic heterocycles. The summed E-state index contributed by atoms with van der Waals surface area (Å²) in [5, 5.41) is 5.54. The van der Waals surface area contributed by atoms with Gasteiger partial charge in [0.1, 0.15) is 0 Å². The van der Waals surface area contributed by atoms with Gasteiger partial charge in [-0.1, -0.05) is 20.3 Å². The lowest BCUT2D eigenvalue weighted by Crippen LogP contribution is -2.49. The van der Waals surface area contributed by atoms with Gasteiger partial charge in [-0.15, -0.1) is 0 Å². The Kier molecular flexibility index (Phi) is 19.3. The summed E-state index contributed by atoms with van der Waals surface area (Å²) in [4.78, 5) is 11.8. The first-order valence-electron chi connectivity index (χ1n) is 10.3. The van der Waals surface area contributed by atoms with E-state index < -0.39 is 8.80 Å². The lowest BCUT2D eigenvalue weighted by Gasteiger charge is -2.28. The summed E-state index contributed by atoms with van der Waals surface area (Å²) in [7, 11) is -1.07. The molecule has 8 nitrogen and oxygen atoms in total. The Morgan fingerprint density at radius 3 is 1.79 bits per heavy atom. The zero-order valence-electron chi connectivity index (χ0n) is 19.3. The van der Waals surface area contributed by atoms with Gasteiger partial charge < -0.3 is 33.4 Å². The predicted octanol–water partition coefficient (Wildman–Crippen LogP) is 3.19. The molecule has 0 saturated carbocycles. The van der Waals surface area contributed by atoms with Crippen LogP contribution in [-0.4, -0.2) is 73.7 Å². The van der Waals surface area contributed by atoms with E-state index in [1.807, 2.05) is 34.6 Å². The van der Waals surface area contributed by atoms with Crippen molar-refractivity contribution in [2.45, 2.75) is 66.5 Å². The van der Waals surface area contributed by atoms with Crippen LogP contribution >= 0.6 is 0 Å². The predicted molar refractivity (Wildman–Crippen MR) is 115 cm³/mol. The summed E-state index contributed by atoms with van der Waals surface area (Å²) < 4.78 is 27.9. The van der Waals surface area contributed by atoms with Crippen LogP contribution in [0, 0.1) is 0 Å². The fourth-order valence-electron chi connectivity index (χ4n) is 2.01. The molecule has 0 saturated heterocycles. The van der Waals surface area contributed by atoms with Crippen LogP contribution in [0.5, 0.6) is 0 Å². The van der Waals surface area contributed by atoms with Crippen LogP contribution in [0.25, 0.3) is 0 Å². The quantitative estimate of drug-likeness (QED) is 0.310. The monoisotopic (exact) mass is 424 g/mol. The molecule has 0 heterocycles. The zero-order valence-corrected chi connectivity index (χ0v) is 20.3. The maximum atomic E-state index is 11.8. The molecule has 2 amide bonds. The van der Waals surface area contributed by atoms with Gasteiger partial charge in [-0.3, -0.25) is 0 Å². The van der Waals surface area contributed by atoms with Crippen LogP contribution in [0.1, 0.15) is 54.9 Å². The molecule has 0 atom stereocenters. The number of carbonyl (C=O) groups is 1. The third-order valence-electron chi connectivity index (χ3n) is 3.34. The Balaban J connectivity index is 0. The van der Waals surface area contributed by atoms with E-state index in [0.717, 1.165) is 0 Å². The van der Waals surface area contributed by atoms with E-state index in [1.54, 1.807) is 7.11 Å². The van der Waals surface area contributed by atoms with Gasteiger partial charge in [0.15, 0.2) is 0 Å². The molecular formula is C19H44N2O6Si. The molecule has 0 aliphatic rings. The SMILES string of the molecule is CCC.CCO[Si](CCNC(=O)NCCOCC(C)(C)OC)(OCC)OCC. The standard InChI is InChI=1S/C16H36N2O6Si.C3H8/c1-7-22-25(23-8-2,24-9-3)13-11-18-15(19)17-10-12-21-14-16(4,5)20-6;1-3-2/h7-14H2,1-6H3,(H2,17,18,19);3H2,1-2H3. The van der Waals surface area contributed by atoms with Crippen molar-refractivity contribution < 1.29 is 27.5 Å². The summed E-state index contributed by atoms with van der Waals surface area (Å²) in [6.07, 6.45) is 1.25. The molecule has 0 spiro atoms. The van der Waals surface area contributed by atoms with Gasteiger partial charge in [0, 0.05) is 46.1 Å². The van der Waals surface area contributed by atoms with E-state index in [4.69, 9.17) is 22.8 Å². The van der Waals surface area contributed by atoms with Crippen molar-refractivity contribution in [2.75, 3.05) is 53.2 Å². The van der Waals surface area contributed by atoms with Crippen molar-refractivity contribution in [3.05, 3.63) is 0 Å². The first-order chi connectivity index (χ1) is 13.3. The number of methoxy groups -OCH3 is 1. The van der Waals surface area contributed by atoms with Crippen molar-refractivity contribution >= 4 is 14.8 Å². The molecule has 170 valence electrons. The van der Waals surface area contributed by atoms with Gasteiger partial charge in [0.25, 0.3) is 0 Å². The second-order valence-electron chi connectivity index (χ2n) is 6.64. The van der Waals surface area contributed by atoms with Crippen LogP contribution in [0.4, 0.5) is 4.79 Å². The third kappa shape index (κ3) is 16.3.